The van der Waals surface area contributed by atoms with Gasteiger partial charge in [-0.3, -0.25) is 43.6 Å². The van der Waals surface area contributed by atoms with E-state index in [9.17, 15) is 33.2 Å². The van der Waals surface area contributed by atoms with Gasteiger partial charge in [-0.05, 0) is 129 Å². The number of piperidine rings is 2. The van der Waals surface area contributed by atoms with Gasteiger partial charge in [-0.15, -0.1) is 10.2 Å². The summed E-state index contributed by atoms with van der Waals surface area (Å²) in [7, 11) is 1.61. The molecule has 5 aliphatic heterocycles. The predicted molar refractivity (Wildman–Crippen MR) is 295 cm³/mol. The number of pyridine rings is 1. The van der Waals surface area contributed by atoms with Crippen LogP contribution in [0.15, 0.2) is 97.3 Å². The molecule has 6 amide bonds. The Kier molecular flexibility index (Phi) is 14.2. The van der Waals surface area contributed by atoms with Gasteiger partial charge in [0.25, 0.3) is 17.7 Å². The number of imide groups is 1. The number of hydrogen-bond acceptors (Lipinski definition) is 16. The minimum atomic E-state index is -1.19. The molecule has 4 saturated heterocycles. The van der Waals surface area contributed by atoms with E-state index >= 15 is 0 Å². The van der Waals surface area contributed by atoms with Gasteiger partial charge in [-0.2, -0.15) is 0 Å². The molecule has 0 radical (unpaired) electrons. The molecule has 4 aromatic carbocycles. The quantitative estimate of drug-likeness (QED) is 0.0892. The summed E-state index contributed by atoms with van der Waals surface area (Å²) < 4.78 is 25.6. The number of hydrogen-bond donors (Lipinski definition) is 3. The maximum Gasteiger partial charge on any atom is 0.276 e. The summed E-state index contributed by atoms with van der Waals surface area (Å²) in [4.78, 5) is 100. The fourth-order valence-electron chi connectivity index (χ4n) is 11.5. The number of rotatable bonds is 14. The van der Waals surface area contributed by atoms with Crippen molar-refractivity contribution in [1.82, 2.24) is 40.2 Å². The zero-order chi connectivity index (χ0) is 55.1. The second-order valence-corrected chi connectivity index (χ2v) is 21.3. The highest BCUT2D eigenvalue weighted by atomic mass is 19.1. The first kappa shape index (κ1) is 51.9. The van der Waals surface area contributed by atoms with E-state index in [0.717, 1.165) is 86.7 Å². The van der Waals surface area contributed by atoms with Crippen LogP contribution < -0.4 is 40.1 Å². The minimum absolute atomic E-state index is 0.196. The molecule has 412 valence electrons. The molecule has 22 heteroatoms. The standard InChI is InChI=1S/C58H60FN13O8/c1-79-50-32-44-45(60-20-14-49(44)80-41-11-8-39(9-12-41)64-56(78)58(17-18-58)55(77)63-38-6-4-37(59)5-7-38)33-48(50)69-27-29-70(30-28-69)54(76)46-34-62-57(66-65-46)71-21-15-36(16-22-71)35-67-23-25-68(26-24-67)40-10-13-42-43(31-40)53(75)72(52(42)74)47-3-2-19-61-51(47)73/h4-14,20,31-34,36,47H,2-3,15-19,21-30,35H2,1H3,(H,61,73)(H,63,77)(H,64,78). The fraction of sp³-hybridized carbons (Fsp3) is 0.379. The topological polar surface area (TPSA) is 228 Å². The molecule has 1 atom stereocenters. The smallest absolute Gasteiger partial charge is 0.276 e. The van der Waals surface area contributed by atoms with Gasteiger partial charge in [0.05, 0.1) is 35.6 Å². The normalized spacial score (nSPS) is 19.4. The van der Waals surface area contributed by atoms with Crippen LogP contribution in [-0.4, -0.2) is 162 Å². The molecule has 6 aromatic rings. The van der Waals surface area contributed by atoms with Gasteiger partial charge in [-0.1, -0.05) is 0 Å². The number of methoxy groups -OCH3 is 1. The lowest BCUT2D eigenvalue weighted by molar-refractivity contribution is -0.131. The molecule has 1 saturated carbocycles. The molecular weight excluding hydrogens is 1030 g/mol. The van der Waals surface area contributed by atoms with Crippen LogP contribution in [-0.2, 0) is 14.4 Å². The van der Waals surface area contributed by atoms with E-state index in [-0.39, 0.29) is 17.5 Å². The number of nitrogens with zero attached hydrogens (tertiary/aromatic N) is 10. The number of carbonyl (C=O) groups excluding carboxylic acids is 6. The minimum Gasteiger partial charge on any atom is -0.495 e. The Morgan fingerprint density at radius 3 is 2.06 bits per heavy atom. The first-order valence-corrected chi connectivity index (χ1v) is 27.3. The average molecular weight is 1090 g/mol. The van der Waals surface area contributed by atoms with Gasteiger partial charge in [0.2, 0.25) is 23.7 Å². The Balaban J connectivity index is 0.592. The average Bonchev–Trinajstić information content (AvgIpc) is 4.29. The van der Waals surface area contributed by atoms with Crippen LogP contribution in [0.2, 0.25) is 0 Å². The molecular formula is C58H60FN13O8. The molecule has 0 bridgehead atoms. The summed E-state index contributed by atoms with van der Waals surface area (Å²) in [5.74, 6) is 0.146. The Morgan fingerprint density at radius 1 is 0.713 bits per heavy atom. The maximum absolute atomic E-state index is 13.7. The zero-order valence-electron chi connectivity index (χ0n) is 44.2. The molecule has 5 fully saturated rings. The SMILES string of the molecule is COc1cc2c(Oc3ccc(NC(=O)C4(C(=O)Nc5ccc(F)cc5)CC4)cc3)ccnc2cc1N1CCN(C(=O)c2cnc(N3CCC(CN4CCN(c5ccc6c(c5)C(=O)N(C5CCCNC5=O)C6=O)CC4)CC3)nn2)CC1. The second kappa shape index (κ2) is 21.8. The molecule has 12 rings (SSSR count). The Morgan fingerprint density at radius 2 is 1.40 bits per heavy atom. The van der Waals surface area contributed by atoms with E-state index in [0.29, 0.717) is 109 Å². The van der Waals surface area contributed by atoms with Crippen molar-refractivity contribution in [3.8, 4) is 17.2 Å². The van der Waals surface area contributed by atoms with Crippen LogP contribution in [0.5, 0.6) is 17.2 Å². The van der Waals surface area contributed by atoms with Gasteiger partial charge in [0.15, 0.2) is 5.69 Å². The number of nitrogens with one attached hydrogen (secondary N) is 3. The molecule has 80 heavy (non-hydrogen) atoms. The van der Waals surface area contributed by atoms with Gasteiger partial charge >= 0.3 is 0 Å². The van der Waals surface area contributed by atoms with Crippen LogP contribution in [0.25, 0.3) is 10.9 Å². The highest BCUT2D eigenvalue weighted by Gasteiger charge is 2.56. The highest BCUT2D eigenvalue weighted by molar-refractivity contribution is 6.23. The van der Waals surface area contributed by atoms with Crippen molar-refractivity contribution in [3.63, 3.8) is 0 Å². The monoisotopic (exact) mass is 1090 g/mol. The van der Waals surface area contributed by atoms with E-state index in [2.05, 4.69) is 55.7 Å². The van der Waals surface area contributed by atoms with E-state index in [1.54, 1.807) is 54.6 Å². The van der Waals surface area contributed by atoms with E-state index < -0.39 is 40.9 Å². The summed E-state index contributed by atoms with van der Waals surface area (Å²) in [5.41, 5.74) is 3.07. The van der Waals surface area contributed by atoms with Crippen molar-refractivity contribution in [2.75, 3.05) is 111 Å². The van der Waals surface area contributed by atoms with Crippen molar-refractivity contribution in [2.45, 2.75) is 44.6 Å². The second-order valence-electron chi connectivity index (χ2n) is 21.3. The molecule has 3 N–H and O–H groups in total. The molecule has 1 aliphatic carbocycles. The third-order valence-electron chi connectivity index (χ3n) is 16.4. The molecule has 7 heterocycles. The first-order valence-electron chi connectivity index (χ1n) is 27.3. The number of piperazine rings is 2. The number of amides is 6. The number of fused-ring (bicyclic) bond motifs is 2. The van der Waals surface area contributed by atoms with Crippen LogP contribution in [0.1, 0.15) is 69.7 Å². The number of carbonyl (C=O) groups is 6. The Labute approximate surface area is 460 Å². The summed E-state index contributed by atoms with van der Waals surface area (Å²) in [6.07, 6.45) is 7.17. The van der Waals surface area contributed by atoms with Gasteiger partial charge in [0, 0.05) is 107 Å². The summed E-state index contributed by atoms with van der Waals surface area (Å²) >= 11 is 0. The number of ether oxygens (including phenoxy) is 2. The highest BCUT2D eigenvalue weighted by Crippen LogP contribution is 2.48. The molecule has 6 aliphatic rings. The van der Waals surface area contributed by atoms with E-state index in [1.807, 2.05) is 24.3 Å². The summed E-state index contributed by atoms with van der Waals surface area (Å²) in [6, 6.07) is 22.6. The van der Waals surface area contributed by atoms with Gasteiger partial charge in [0.1, 0.15) is 34.5 Å². The lowest BCUT2D eigenvalue weighted by Crippen LogP contribution is -2.52. The van der Waals surface area contributed by atoms with Crippen LogP contribution in [0, 0.1) is 17.2 Å². The number of anilines is 5. The van der Waals surface area contributed by atoms with Crippen molar-refractivity contribution < 1.29 is 42.6 Å². The number of benzene rings is 4. The van der Waals surface area contributed by atoms with Gasteiger partial charge < -0.3 is 45.0 Å². The van der Waals surface area contributed by atoms with Crippen LogP contribution in [0.3, 0.4) is 0 Å². The Hall–Kier alpha value is -8.79. The largest absolute Gasteiger partial charge is 0.495 e. The number of halogens is 1. The van der Waals surface area contributed by atoms with Crippen LogP contribution >= 0.6 is 0 Å². The molecule has 21 nitrogen and oxygen atoms in total. The third-order valence-corrected chi connectivity index (χ3v) is 16.4. The van der Waals surface area contributed by atoms with E-state index in [4.69, 9.17) is 9.47 Å². The predicted octanol–water partition coefficient (Wildman–Crippen LogP) is 5.59. The summed E-state index contributed by atoms with van der Waals surface area (Å²) in [6.45, 7) is 8.44. The van der Waals surface area contributed by atoms with Crippen molar-refractivity contribution in [2.24, 2.45) is 11.3 Å². The lowest BCUT2D eigenvalue weighted by atomic mass is 9.96. The van der Waals surface area contributed by atoms with Gasteiger partial charge in [-0.25, -0.2) is 9.37 Å². The molecule has 1 unspecified atom stereocenters. The Bertz CT molecular complexity index is 3380. The van der Waals surface area contributed by atoms with Crippen molar-refractivity contribution in [1.29, 1.82) is 0 Å². The maximum atomic E-state index is 13.7. The van der Waals surface area contributed by atoms with E-state index in [1.165, 1.54) is 30.5 Å². The number of aromatic nitrogens is 4. The lowest BCUT2D eigenvalue weighted by Gasteiger charge is -2.39. The molecule has 0 spiro atoms. The first-order chi connectivity index (χ1) is 38.9. The van der Waals surface area contributed by atoms with Crippen molar-refractivity contribution >= 4 is 75.0 Å². The van der Waals surface area contributed by atoms with Crippen LogP contribution in [0.4, 0.5) is 33.1 Å². The fourth-order valence-corrected chi connectivity index (χ4v) is 11.5. The van der Waals surface area contributed by atoms with Crippen molar-refractivity contribution in [3.05, 3.63) is 120 Å². The summed E-state index contributed by atoms with van der Waals surface area (Å²) in [5, 5.41) is 17.8. The third kappa shape index (κ3) is 10.4. The zero-order valence-corrected chi connectivity index (χ0v) is 44.2. The molecule has 2 aromatic heterocycles.